The zero-order valence-electron chi connectivity index (χ0n) is 11.4. The molecule has 0 aromatic heterocycles. The van der Waals surface area contributed by atoms with Crippen molar-refractivity contribution >= 4 is 11.6 Å². The minimum atomic E-state index is -0.381. The molecule has 4 nitrogen and oxygen atoms in total. The Morgan fingerprint density at radius 1 is 1.37 bits per heavy atom. The van der Waals surface area contributed by atoms with E-state index in [9.17, 15) is 4.79 Å². The Morgan fingerprint density at radius 3 is 2.68 bits per heavy atom. The van der Waals surface area contributed by atoms with Crippen LogP contribution in [0.15, 0.2) is 18.2 Å². The molecule has 1 saturated heterocycles. The number of anilines is 1. The summed E-state index contributed by atoms with van der Waals surface area (Å²) in [5.74, 6) is 0.00375. The average Bonchev–Trinajstić information content (AvgIpc) is 2.52. The van der Waals surface area contributed by atoms with Gasteiger partial charge in [-0.2, -0.15) is 5.26 Å². The van der Waals surface area contributed by atoms with Crippen molar-refractivity contribution in [3.05, 3.63) is 29.3 Å². The summed E-state index contributed by atoms with van der Waals surface area (Å²) in [5, 5.41) is 12.0. The first-order chi connectivity index (χ1) is 9.11. The van der Waals surface area contributed by atoms with Crippen LogP contribution in [0.2, 0.25) is 0 Å². The predicted molar refractivity (Wildman–Crippen MR) is 74.9 cm³/mol. The molecule has 1 aromatic rings. The summed E-state index contributed by atoms with van der Waals surface area (Å²) in [5.41, 5.74) is 3.24. The lowest BCUT2D eigenvalue weighted by Gasteiger charge is -2.24. The molecule has 1 unspecified atom stereocenters. The van der Waals surface area contributed by atoms with Crippen molar-refractivity contribution in [2.75, 3.05) is 18.0 Å². The average molecular weight is 257 g/mol. The Bertz CT molecular complexity index is 498. The molecule has 4 heteroatoms. The van der Waals surface area contributed by atoms with Crippen LogP contribution in [0.4, 0.5) is 5.69 Å². The molecule has 1 amide bonds. The van der Waals surface area contributed by atoms with Crippen molar-refractivity contribution in [2.45, 2.75) is 32.7 Å². The first-order valence-corrected chi connectivity index (χ1v) is 6.62. The van der Waals surface area contributed by atoms with Gasteiger partial charge in [0.1, 0.15) is 6.04 Å². The Morgan fingerprint density at radius 2 is 2.05 bits per heavy atom. The second kappa shape index (κ2) is 5.85. The van der Waals surface area contributed by atoms with Gasteiger partial charge in [-0.3, -0.25) is 4.79 Å². The van der Waals surface area contributed by atoms with Gasteiger partial charge in [-0.1, -0.05) is 6.07 Å². The van der Waals surface area contributed by atoms with Crippen molar-refractivity contribution in [3.8, 4) is 6.07 Å². The van der Waals surface area contributed by atoms with Crippen LogP contribution in [0.5, 0.6) is 0 Å². The molecule has 0 aliphatic carbocycles. The smallest absolute Gasteiger partial charge is 0.245 e. The maximum absolute atomic E-state index is 12.5. The van der Waals surface area contributed by atoms with Crippen LogP contribution in [0, 0.1) is 25.2 Å². The summed E-state index contributed by atoms with van der Waals surface area (Å²) in [6.45, 7) is 5.55. The van der Waals surface area contributed by atoms with E-state index in [1.807, 2.05) is 30.9 Å². The summed E-state index contributed by atoms with van der Waals surface area (Å²) in [4.78, 5) is 14.3. The number of amides is 1. The topological polar surface area (TPSA) is 56.1 Å². The molecule has 1 N–H and O–H groups in total. The van der Waals surface area contributed by atoms with Crippen molar-refractivity contribution in [1.29, 1.82) is 5.26 Å². The number of nitriles is 1. The maximum atomic E-state index is 12.5. The molecule has 0 radical (unpaired) electrons. The number of aryl methyl sites for hydroxylation is 2. The SMILES string of the molecule is Cc1cc(C)cc(N2CCCNC(CC#N)C2=O)c1. The molecular formula is C15H19N3O. The standard InChI is InChI=1S/C15H19N3O/c1-11-8-12(2)10-13(9-11)18-7-3-6-17-14(4-5-16)15(18)19/h8-10,14,17H,3-4,6-7H2,1-2H3. The fourth-order valence-electron chi connectivity index (χ4n) is 2.51. The lowest BCUT2D eigenvalue weighted by Crippen LogP contribution is -2.43. The van der Waals surface area contributed by atoms with Crippen LogP contribution in [0.25, 0.3) is 0 Å². The molecule has 1 aliphatic heterocycles. The minimum Gasteiger partial charge on any atom is -0.311 e. The largest absolute Gasteiger partial charge is 0.311 e. The van der Waals surface area contributed by atoms with Gasteiger partial charge >= 0.3 is 0 Å². The van der Waals surface area contributed by atoms with E-state index >= 15 is 0 Å². The molecule has 100 valence electrons. The molecule has 0 bridgehead atoms. The van der Waals surface area contributed by atoms with Crippen LogP contribution < -0.4 is 10.2 Å². The first kappa shape index (κ1) is 13.6. The molecular weight excluding hydrogens is 238 g/mol. The van der Waals surface area contributed by atoms with E-state index in [0.29, 0.717) is 6.54 Å². The van der Waals surface area contributed by atoms with Crippen molar-refractivity contribution in [1.82, 2.24) is 5.32 Å². The van der Waals surface area contributed by atoms with E-state index in [4.69, 9.17) is 5.26 Å². The zero-order chi connectivity index (χ0) is 13.8. The van der Waals surface area contributed by atoms with Gasteiger partial charge in [-0.15, -0.1) is 0 Å². The minimum absolute atomic E-state index is 0.00375. The predicted octanol–water partition coefficient (Wildman–Crippen LogP) is 1.91. The molecule has 1 fully saturated rings. The second-order valence-corrected chi connectivity index (χ2v) is 5.06. The number of nitrogens with one attached hydrogen (secondary N) is 1. The van der Waals surface area contributed by atoms with Gasteiger partial charge in [0, 0.05) is 12.2 Å². The third kappa shape index (κ3) is 3.12. The highest BCUT2D eigenvalue weighted by Crippen LogP contribution is 2.21. The van der Waals surface area contributed by atoms with Crippen molar-refractivity contribution in [2.24, 2.45) is 0 Å². The molecule has 19 heavy (non-hydrogen) atoms. The van der Waals surface area contributed by atoms with Gasteiger partial charge in [0.15, 0.2) is 0 Å². The number of carbonyl (C=O) groups is 1. The van der Waals surface area contributed by atoms with Gasteiger partial charge in [0.05, 0.1) is 12.5 Å². The third-order valence-corrected chi connectivity index (χ3v) is 3.33. The second-order valence-electron chi connectivity index (χ2n) is 5.06. The van der Waals surface area contributed by atoms with E-state index in [0.717, 1.165) is 29.8 Å². The molecule has 1 heterocycles. The highest BCUT2D eigenvalue weighted by Gasteiger charge is 2.27. The number of nitrogens with zero attached hydrogens (tertiary/aromatic N) is 2. The first-order valence-electron chi connectivity index (χ1n) is 6.62. The van der Waals surface area contributed by atoms with E-state index in [1.54, 1.807) is 0 Å². The van der Waals surface area contributed by atoms with Crippen LogP contribution in [0.1, 0.15) is 24.0 Å². The monoisotopic (exact) mass is 257 g/mol. The van der Waals surface area contributed by atoms with E-state index in [-0.39, 0.29) is 18.4 Å². The van der Waals surface area contributed by atoms with Gasteiger partial charge in [0.2, 0.25) is 5.91 Å². The quantitative estimate of drug-likeness (QED) is 0.880. The summed E-state index contributed by atoms with van der Waals surface area (Å²) in [6.07, 6.45) is 1.13. The van der Waals surface area contributed by atoms with Gasteiger partial charge in [0.25, 0.3) is 0 Å². The fourth-order valence-corrected chi connectivity index (χ4v) is 2.51. The fraction of sp³-hybridized carbons (Fsp3) is 0.467. The van der Waals surface area contributed by atoms with E-state index in [1.165, 1.54) is 0 Å². The van der Waals surface area contributed by atoms with Crippen LogP contribution >= 0.6 is 0 Å². The van der Waals surface area contributed by atoms with Crippen molar-refractivity contribution < 1.29 is 4.79 Å². The van der Waals surface area contributed by atoms with Crippen LogP contribution in [-0.4, -0.2) is 25.0 Å². The van der Waals surface area contributed by atoms with Gasteiger partial charge in [-0.25, -0.2) is 0 Å². The normalized spacial score (nSPS) is 19.9. The lowest BCUT2D eigenvalue weighted by atomic mass is 10.1. The summed E-state index contributed by atoms with van der Waals surface area (Å²) in [6, 6.07) is 7.85. The molecule has 1 aromatic carbocycles. The highest BCUT2D eigenvalue weighted by atomic mass is 16.2. The van der Waals surface area contributed by atoms with Gasteiger partial charge in [-0.05, 0) is 50.1 Å². The molecule has 0 saturated carbocycles. The summed E-state index contributed by atoms with van der Waals surface area (Å²) in [7, 11) is 0. The van der Waals surface area contributed by atoms with Gasteiger partial charge < -0.3 is 10.2 Å². The lowest BCUT2D eigenvalue weighted by molar-refractivity contribution is -0.120. The number of benzene rings is 1. The summed E-state index contributed by atoms with van der Waals surface area (Å²) >= 11 is 0. The van der Waals surface area contributed by atoms with E-state index < -0.39 is 0 Å². The zero-order valence-corrected chi connectivity index (χ0v) is 11.4. The number of hydrogen-bond acceptors (Lipinski definition) is 3. The Labute approximate surface area is 114 Å². The molecule has 0 spiro atoms. The van der Waals surface area contributed by atoms with E-state index in [2.05, 4.69) is 17.5 Å². The van der Waals surface area contributed by atoms with Crippen LogP contribution in [-0.2, 0) is 4.79 Å². The number of hydrogen-bond donors (Lipinski definition) is 1. The Balaban J connectivity index is 2.30. The third-order valence-electron chi connectivity index (χ3n) is 3.33. The van der Waals surface area contributed by atoms with Crippen LogP contribution in [0.3, 0.4) is 0 Å². The molecule has 1 aliphatic rings. The molecule has 2 rings (SSSR count). The van der Waals surface area contributed by atoms with Crippen molar-refractivity contribution in [3.63, 3.8) is 0 Å². The highest BCUT2D eigenvalue weighted by molar-refractivity contribution is 5.97. The molecule has 1 atom stereocenters. The maximum Gasteiger partial charge on any atom is 0.245 e. The summed E-state index contributed by atoms with van der Waals surface area (Å²) < 4.78 is 0. The number of rotatable bonds is 2. The Kier molecular flexibility index (Phi) is 4.18. The Hall–Kier alpha value is -1.86. The number of carbonyl (C=O) groups excluding carboxylic acids is 1.